The summed E-state index contributed by atoms with van der Waals surface area (Å²) in [7, 11) is 1.67. The Bertz CT molecular complexity index is 585. The monoisotopic (exact) mass is 348 g/mol. The number of nitrogens with zero attached hydrogens (tertiary/aromatic N) is 2. The first-order valence-electron chi connectivity index (χ1n) is 8.71. The number of amides is 3. The minimum Gasteiger partial charge on any atom is -0.497 e. The summed E-state index contributed by atoms with van der Waals surface area (Å²) in [4.78, 5) is 27.7. The largest absolute Gasteiger partial charge is 0.497 e. The summed E-state index contributed by atoms with van der Waals surface area (Å²) in [5.41, 5.74) is 1.22. The number of hydrogen-bond donors (Lipinski definition) is 2. The molecule has 0 aliphatic carbocycles. The summed E-state index contributed by atoms with van der Waals surface area (Å²) in [6.45, 7) is 8.12. The van der Waals surface area contributed by atoms with E-state index in [-0.39, 0.29) is 12.5 Å². The molecule has 1 fully saturated rings. The molecule has 0 aromatic heterocycles. The standard InChI is InChI=1S/C18H28N4O3/c1-4-19-18(24)20-17(23)13-21-8-10-22(11-9-21)14(2)15-6-5-7-16(12-15)25-3/h5-7,12,14H,4,8-11,13H2,1-3H3,(H2,19,20,23,24)/t14-/m1/s1. The van der Waals surface area contributed by atoms with Gasteiger partial charge in [-0.05, 0) is 31.5 Å². The number of imide groups is 1. The van der Waals surface area contributed by atoms with Crippen LogP contribution in [0.5, 0.6) is 5.75 Å². The van der Waals surface area contributed by atoms with Crippen molar-refractivity contribution in [3.63, 3.8) is 0 Å². The second-order valence-electron chi connectivity index (χ2n) is 6.17. The molecule has 0 spiro atoms. The fourth-order valence-electron chi connectivity index (χ4n) is 2.99. The molecule has 1 aliphatic heterocycles. The average Bonchev–Trinajstić information content (AvgIpc) is 2.62. The van der Waals surface area contributed by atoms with E-state index in [4.69, 9.17) is 4.74 Å². The molecular formula is C18H28N4O3. The number of urea groups is 1. The lowest BCUT2D eigenvalue weighted by atomic mass is 10.1. The van der Waals surface area contributed by atoms with Crippen molar-refractivity contribution in [2.75, 3.05) is 46.4 Å². The topological polar surface area (TPSA) is 73.9 Å². The van der Waals surface area contributed by atoms with Gasteiger partial charge in [0.1, 0.15) is 5.75 Å². The highest BCUT2D eigenvalue weighted by Crippen LogP contribution is 2.24. The Morgan fingerprint density at radius 1 is 1.24 bits per heavy atom. The molecule has 138 valence electrons. The van der Waals surface area contributed by atoms with Crippen LogP contribution in [0.1, 0.15) is 25.5 Å². The third kappa shape index (κ3) is 5.72. The summed E-state index contributed by atoms with van der Waals surface area (Å²) in [5, 5.41) is 4.90. The summed E-state index contributed by atoms with van der Waals surface area (Å²) < 4.78 is 5.30. The van der Waals surface area contributed by atoms with Crippen molar-refractivity contribution in [3.8, 4) is 5.75 Å². The molecule has 3 amide bonds. The van der Waals surface area contributed by atoms with Gasteiger partial charge >= 0.3 is 6.03 Å². The molecule has 0 bridgehead atoms. The lowest BCUT2D eigenvalue weighted by molar-refractivity contribution is -0.121. The fraction of sp³-hybridized carbons (Fsp3) is 0.556. The molecule has 7 nitrogen and oxygen atoms in total. The van der Waals surface area contributed by atoms with Gasteiger partial charge < -0.3 is 10.1 Å². The molecule has 7 heteroatoms. The van der Waals surface area contributed by atoms with Gasteiger partial charge in [-0.2, -0.15) is 0 Å². The summed E-state index contributed by atoms with van der Waals surface area (Å²) >= 11 is 0. The molecular weight excluding hydrogens is 320 g/mol. The Morgan fingerprint density at radius 3 is 2.60 bits per heavy atom. The van der Waals surface area contributed by atoms with Gasteiger partial charge in [-0.25, -0.2) is 4.79 Å². The molecule has 1 aliphatic rings. The lowest BCUT2D eigenvalue weighted by Crippen LogP contribution is -2.51. The third-order valence-electron chi connectivity index (χ3n) is 4.49. The van der Waals surface area contributed by atoms with Gasteiger partial charge in [-0.15, -0.1) is 0 Å². The third-order valence-corrected chi connectivity index (χ3v) is 4.49. The van der Waals surface area contributed by atoms with E-state index in [0.29, 0.717) is 12.6 Å². The molecule has 1 saturated heterocycles. The summed E-state index contributed by atoms with van der Waals surface area (Å²) in [6.07, 6.45) is 0. The Balaban J connectivity index is 1.80. The van der Waals surface area contributed by atoms with Gasteiger partial charge in [0, 0.05) is 38.8 Å². The van der Waals surface area contributed by atoms with E-state index in [9.17, 15) is 9.59 Å². The molecule has 2 N–H and O–H groups in total. The van der Waals surface area contributed by atoms with Gasteiger partial charge in [0.05, 0.1) is 13.7 Å². The number of carbonyl (C=O) groups is 2. The number of piperazine rings is 1. The number of rotatable bonds is 6. The smallest absolute Gasteiger partial charge is 0.321 e. The highest BCUT2D eigenvalue weighted by atomic mass is 16.5. The predicted octanol–water partition coefficient (Wildman–Crippen LogP) is 1.22. The van der Waals surface area contributed by atoms with Crippen molar-refractivity contribution in [1.29, 1.82) is 0 Å². The van der Waals surface area contributed by atoms with Crippen molar-refractivity contribution in [1.82, 2.24) is 20.4 Å². The van der Waals surface area contributed by atoms with E-state index >= 15 is 0 Å². The Kier molecular flexibility index (Phi) is 7.21. The van der Waals surface area contributed by atoms with Gasteiger partial charge in [0.2, 0.25) is 5.91 Å². The van der Waals surface area contributed by atoms with E-state index in [2.05, 4.69) is 39.5 Å². The molecule has 1 aromatic carbocycles. The van der Waals surface area contributed by atoms with Crippen LogP contribution < -0.4 is 15.4 Å². The molecule has 2 rings (SSSR count). The van der Waals surface area contributed by atoms with Crippen LogP contribution in [-0.2, 0) is 4.79 Å². The molecule has 1 atom stereocenters. The summed E-state index contributed by atoms with van der Waals surface area (Å²) in [5.74, 6) is 0.602. The fourth-order valence-corrected chi connectivity index (χ4v) is 2.99. The first-order valence-corrected chi connectivity index (χ1v) is 8.71. The Morgan fingerprint density at radius 2 is 1.96 bits per heavy atom. The SMILES string of the molecule is CCNC(=O)NC(=O)CN1CCN([C@H](C)c2cccc(OC)c2)CC1. The minimum absolute atomic E-state index is 0.249. The van der Waals surface area contributed by atoms with Crippen molar-refractivity contribution >= 4 is 11.9 Å². The number of nitrogens with one attached hydrogen (secondary N) is 2. The Labute approximate surface area is 149 Å². The van der Waals surface area contributed by atoms with Gasteiger partial charge in [0.15, 0.2) is 0 Å². The molecule has 0 radical (unpaired) electrons. The minimum atomic E-state index is -0.433. The van der Waals surface area contributed by atoms with Crippen molar-refractivity contribution < 1.29 is 14.3 Å². The zero-order chi connectivity index (χ0) is 18.2. The molecule has 0 unspecified atom stereocenters. The first-order chi connectivity index (χ1) is 12.0. The van der Waals surface area contributed by atoms with Crippen LogP contribution in [0.3, 0.4) is 0 Å². The molecule has 1 aromatic rings. The van der Waals surface area contributed by atoms with Crippen molar-refractivity contribution in [2.45, 2.75) is 19.9 Å². The highest BCUT2D eigenvalue weighted by Gasteiger charge is 2.23. The highest BCUT2D eigenvalue weighted by molar-refractivity contribution is 5.95. The van der Waals surface area contributed by atoms with Crippen LogP contribution in [0.25, 0.3) is 0 Å². The number of carbonyl (C=O) groups excluding carboxylic acids is 2. The maximum absolute atomic E-state index is 11.9. The van der Waals surface area contributed by atoms with Crippen molar-refractivity contribution in [2.24, 2.45) is 0 Å². The maximum Gasteiger partial charge on any atom is 0.321 e. The molecule has 1 heterocycles. The number of benzene rings is 1. The molecule has 25 heavy (non-hydrogen) atoms. The van der Waals surface area contributed by atoms with Crippen LogP contribution in [0.15, 0.2) is 24.3 Å². The van der Waals surface area contributed by atoms with E-state index in [1.165, 1.54) is 5.56 Å². The zero-order valence-corrected chi connectivity index (χ0v) is 15.2. The van der Waals surface area contributed by atoms with E-state index < -0.39 is 6.03 Å². The van der Waals surface area contributed by atoms with Gasteiger partial charge in [-0.1, -0.05) is 12.1 Å². The first kappa shape index (κ1) is 19.2. The van der Waals surface area contributed by atoms with Crippen LogP contribution in [0.4, 0.5) is 4.79 Å². The van der Waals surface area contributed by atoms with Crippen LogP contribution in [-0.4, -0.2) is 68.1 Å². The van der Waals surface area contributed by atoms with Crippen LogP contribution in [0, 0.1) is 0 Å². The number of ether oxygens (including phenoxy) is 1. The second-order valence-corrected chi connectivity index (χ2v) is 6.17. The number of hydrogen-bond acceptors (Lipinski definition) is 5. The van der Waals surface area contributed by atoms with Gasteiger partial charge in [0.25, 0.3) is 0 Å². The lowest BCUT2D eigenvalue weighted by Gasteiger charge is -2.38. The van der Waals surface area contributed by atoms with E-state index in [1.807, 2.05) is 19.1 Å². The van der Waals surface area contributed by atoms with Crippen LogP contribution >= 0.6 is 0 Å². The number of methoxy groups -OCH3 is 1. The average molecular weight is 348 g/mol. The predicted molar refractivity (Wildman–Crippen MR) is 96.6 cm³/mol. The summed E-state index contributed by atoms with van der Waals surface area (Å²) in [6, 6.07) is 7.99. The molecule has 0 saturated carbocycles. The Hall–Kier alpha value is -2.12. The van der Waals surface area contributed by atoms with E-state index in [1.54, 1.807) is 7.11 Å². The zero-order valence-electron chi connectivity index (χ0n) is 15.2. The maximum atomic E-state index is 11.9. The van der Waals surface area contributed by atoms with E-state index in [0.717, 1.165) is 31.9 Å². The van der Waals surface area contributed by atoms with Crippen LogP contribution in [0.2, 0.25) is 0 Å². The second kappa shape index (κ2) is 9.39. The quantitative estimate of drug-likeness (QED) is 0.809. The van der Waals surface area contributed by atoms with Gasteiger partial charge in [-0.3, -0.25) is 19.9 Å². The van der Waals surface area contributed by atoms with Crippen molar-refractivity contribution in [3.05, 3.63) is 29.8 Å². The normalized spacial score (nSPS) is 16.9.